The van der Waals surface area contributed by atoms with Gasteiger partial charge >= 0.3 is 6.03 Å². The third kappa shape index (κ3) is 7.65. The average Bonchev–Trinajstić information content (AvgIpc) is 3.28. The van der Waals surface area contributed by atoms with Gasteiger partial charge in [0, 0.05) is 18.0 Å². The van der Waals surface area contributed by atoms with Gasteiger partial charge in [0.15, 0.2) is 0 Å². The number of urea groups is 1. The van der Waals surface area contributed by atoms with Crippen molar-refractivity contribution in [2.75, 3.05) is 30.8 Å². The summed E-state index contributed by atoms with van der Waals surface area (Å²) in [4.78, 5) is 27.9. The number of hydrogen-bond donors (Lipinski definition) is 2. The van der Waals surface area contributed by atoms with Gasteiger partial charge in [-0.15, -0.1) is 0 Å². The lowest BCUT2D eigenvalue weighted by Gasteiger charge is -2.24. The van der Waals surface area contributed by atoms with Gasteiger partial charge < -0.3 is 20.3 Å². The Kier molecular flexibility index (Phi) is 9.68. The Hall–Kier alpha value is -3.23. The number of hydrogen-bond acceptors (Lipinski definition) is 4. The predicted molar refractivity (Wildman–Crippen MR) is 154 cm³/mol. The maximum atomic E-state index is 13.3. The van der Waals surface area contributed by atoms with Crippen LogP contribution in [0.15, 0.2) is 48.5 Å². The van der Waals surface area contributed by atoms with E-state index in [1.165, 1.54) is 4.90 Å². The highest BCUT2D eigenvalue weighted by Crippen LogP contribution is 2.30. The molecule has 0 aliphatic rings. The second-order valence-electron chi connectivity index (χ2n) is 10.5. The number of halogens is 2. The number of nitrogens with one attached hydrogen (secondary N) is 2. The van der Waals surface area contributed by atoms with Crippen molar-refractivity contribution in [2.45, 2.75) is 46.5 Å². The molecule has 10 heteroatoms. The van der Waals surface area contributed by atoms with E-state index in [-0.39, 0.29) is 17.9 Å². The molecule has 3 amide bonds. The number of carbonyl (C=O) groups excluding carboxylic acids is 2. The molecule has 3 rings (SSSR count). The molecule has 0 saturated heterocycles. The third-order valence-corrected chi connectivity index (χ3v) is 6.48. The van der Waals surface area contributed by atoms with Crippen LogP contribution in [0.5, 0.6) is 5.75 Å². The van der Waals surface area contributed by atoms with Crippen molar-refractivity contribution in [3.05, 3.63) is 64.3 Å². The summed E-state index contributed by atoms with van der Waals surface area (Å²) < 4.78 is 6.94. The van der Waals surface area contributed by atoms with E-state index in [4.69, 9.17) is 33.0 Å². The topological polar surface area (TPSA) is 88.5 Å². The van der Waals surface area contributed by atoms with Crippen molar-refractivity contribution >= 4 is 46.6 Å². The number of rotatable bonds is 9. The fourth-order valence-electron chi connectivity index (χ4n) is 3.58. The van der Waals surface area contributed by atoms with Crippen molar-refractivity contribution < 1.29 is 14.3 Å². The number of anilines is 2. The molecule has 0 bridgehead atoms. The van der Waals surface area contributed by atoms with Crippen LogP contribution in [0.1, 0.15) is 46.7 Å². The quantitative estimate of drug-likeness (QED) is 0.295. The predicted octanol–water partition coefficient (Wildman–Crippen LogP) is 7.00. The van der Waals surface area contributed by atoms with E-state index in [1.807, 2.05) is 30.3 Å². The molecule has 2 aromatic carbocycles. The van der Waals surface area contributed by atoms with Crippen molar-refractivity contribution in [3.63, 3.8) is 0 Å². The Bertz CT molecular complexity index is 1250. The van der Waals surface area contributed by atoms with Crippen LogP contribution in [0.25, 0.3) is 5.69 Å². The number of methoxy groups -OCH3 is 1. The summed E-state index contributed by atoms with van der Waals surface area (Å²) in [7, 11) is 1.60. The SMILES string of the molecule is COc1ccc(-n2nc(C(C)(C)C)cc2NC(=O)CN(CCC(C)C)C(=O)Nc2c(Cl)cccc2Cl)cc1. The molecule has 0 saturated carbocycles. The smallest absolute Gasteiger partial charge is 0.322 e. The lowest BCUT2D eigenvalue weighted by molar-refractivity contribution is -0.116. The molecule has 0 atom stereocenters. The fourth-order valence-corrected chi connectivity index (χ4v) is 4.07. The minimum Gasteiger partial charge on any atom is -0.497 e. The maximum absolute atomic E-state index is 13.3. The Balaban J connectivity index is 1.84. The van der Waals surface area contributed by atoms with Crippen LogP contribution >= 0.6 is 23.2 Å². The number of nitrogens with zero attached hydrogens (tertiary/aromatic N) is 3. The van der Waals surface area contributed by atoms with Crippen LogP contribution in [-0.2, 0) is 10.2 Å². The lowest BCUT2D eigenvalue weighted by Crippen LogP contribution is -2.41. The van der Waals surface area contributed by atoms with E-state index in [1.54, 1.807) is 30.0 Å². The Morgan fingerprint density at radius 1 is 1.05 bits per heavy atom. The molecule has 0 aliphatic carbocycles. The first kappa shape index (κ1) is 29.3. The second kappa shape index (κ2) is 12.5. The number of carbonyl (C=O) groups is 2. The van der Waals surface area contributed by atoms with Gasteiger partial charge in [0.25, 0.3) is 0 Å². The Morgan fingerprint density at radius 3 is 2.24 bits per heavy atom. The van der Waals surface area contributed by atoms with E-state index in [0.29, 0.717) is 39.8 Å². The molecule has 0 aliphatic heterocycles. The van der Waals surface area contributed by atoms with E-state index >= 15 is 0 Å². The average molecular weight is 561 g/mol. The summed E-state index contributed by atoms with van der Waals surface area (Å²) in [6, 6.07) is 13.8. The minimum atomic E-state index is -0.463. The van der Waals surface area contributed by atoms with E-state index in [0.717, 1.165) is 17.8 Å². The number of para-hydroxylation sites is 1. The number of benzene rings is 2. The molecule has 204 valence electrons. The van der Waals surface area contributed by atoms with Gasteiger partial charge in [-0.05, 0) is 48.7 Å². The molecule has 0 fully saturated rings. The Morgan fingerprint density at radius 2 is 1.68 bits per heavy atom. The van der Waals surface area contributed by atoms with Crippen molar-refractivity contribution in [3.8, 4) is 11.4 Å². The van der Waals surface area contributed by atoms with Crippen molar-refractivity contribution in [1.29, 1.82) is 0 Å². The van der Waals surface area contributed by atoms with Crippen molar-refractivity contribution in [1.82, 2.24) is 14.7 Å². The highest BCUT2D eigenvalue weighted by molar-refractivity contribution is 6.39. The number of ether oxygens (including phenoxy) is 1. The molecule has 0 radical (unpaired) electrons. The number of amides is 3. The molecule has 8 nitrogen and oxygen atoms in total. The minimum absolute atomic E-state index is 0.167. The summed E-state index contributed by atoms with van der Waals surface area (Å²) >= 11 is 12.5. The normalized spacial score (nSPS) is 11.4. The summed E-state index contributed by atoms with van der Waals surface area (Å²) in [5, 5.41) is 11.1. The summed E-state index contributed by atoms with van der Waals surface area (Å²) in [5.74, 6) is 1.20. The van der Waals surface area contributed by atoms with Gasteiger partial charge in [-0.25, -0.2) is 9.48 Å². The first-order valence-electron chi connectivity index (χ1n) is 12.4. The highest BCUT2D eigenvalue weighted by Gasteiger charge is 2.24. The first-order valence-corrected chi connectivity index (χ1v) is 13.2. The van der Waals surface area contributed by atoms with Crippen LogP contribution in [0.2, 0.25) is 10.0 Å². The van der Waals surface area contributed by atoms with E-state index < -0.39 is 6.03 Å². The van der Waals surface area contributed by atoms with Crippen LogP contribution in [0.3, 0.4) is 0 Å². The Labute approximate surface area is 234 Å². The van der Waals surface area contributed by atoms with Gasteiger partial charge in [0.1, 0.15) is 18.1 Å². The molecular weight excluding hydrogens is 525 g/mol. The molecular formula is C28H35Cl2N5O3. The van der Waals surface area contributed by atoms with Gasteiger partial charge in [0.05, 0.1) is 34.2 Å². The van der Waals surface area contributed by atoms with Gasteiger partial charge in [0.2, 0.25) is 5.91 Å². The molecule has 2 N–H and O–H groups in total. The summed E-state index contributed by atoms with van der Waals surface area (Å²) in [6.45, 7) is 10.5. The van der Waals surface area contributed by atoms with E-state index in [2.05, 4.69) is 45.3 Å². The fraction of sp³-hybridized carbons (Fsp3) is 0.393. The van der Waals surface area contributed by atoms with Gasteiger partial charge in [-0.3, -0.25) is 4.79 Å². The van der Waals surface area contributed by atoms with Gasteiger partial charge in [-0.2, -0.15) is 5.10 Å². The molecule has 1 aromatic heterocycles. The maximum Gasteiger partial charge on any atom is 0.322 e. The molecule has 3 aromatic rings. The van der Waals surface area contributed by atoms with E-state index in [9.17, 15) is 9.59 Å². The van der Waals surface area contributed by atoms with Crippen LogP contribution in [-0.4, -0.2) is 46.8 Å². The molecule has 0 unspecified atom stereocenters. The zero-order valence-corrected chi connectivity index (χ0v) is 24.2. The largest absolute Gasteiger partial charge is 0.497 e. The molecule has 0 spiro atoms. The van der Waals surface area contributed by atoms with Crippen LogP contribution in [0, 0.1) is 5.92 Å². The standard InChI is InChI=1S/C28H35Cl2N5O3/c1-18(2)14-15-34(27(37)32-26-21(29)8-7-9-22(26)30)17-25(36)31-24-16-23(28(3,4)5)33-35(24)19-10-12-20(38-6)13-11-19/h7-13,16,18H,14-15,17H2,1-6H3,(H,31,36)(H,32,37). The molecule has 38 heavy (non-hydrogen) atoms. The van der Waals surface area contributed by atoms with Crippen molar-refractivity contribution in [2.24, 2.45) is 5.92 Å². The van der Waals surface area contributed by atoms with Gasteiger partial charge in [-0.1, -0.05) is 63.9 Å². The first-order chi connectivity index (χ1) is 17.9. The zero-order valence-electron chi connectivity index (χ0n) is 22.6. The number of aromatic nitrogens is 2. The zero-order chi connectivity index (χ0) is 28.0. The highest BCUT2D eigenvalue weighted by atomic mass is 35.5. The summed E-state index contributed by atoms with van der Waals surface area (Å²) in [6.07, 6.45) is 0.717. The second-order valence-corrected chi connectivity index (χ2v) is 11.3. The lowest BCUT2D eigenvalue weighted by atomic mass is 9.92. The van der Waals surface area contributed by atoms with Crippen LogP contribution < -0.4 is 15.4 Å². The summed E-state index contributed by atoms with van der Waals surface area (Å²) in [5.41, 5.74) is 1.64. The monoisotopic (exact) mass is 559 g/mol. The van der Waals surface area contributed by atoms with Crippen LogP contribution in [0.4, 0.5) is 16.3 Å². The molecule has 1 heterocycles. The third-order valence-electron chi connectivity index (χ3n) is 5.86.